The molecule has 0 unspecified atom stereocenters. The minimum atomic E-state index is 0.284. The zero-order valence-corrected chi connectivity index (χ0v) is 7.19. The third kappa shape index (κ3) is 1.45. The Kier molecular flexibility index (Phi) is 2.18. The third-order valence-electron chi connectivity index (χ3n) is 1.57. The number of anilines is 1. The quantitative estimate of drug-likeness (QED) is 0.642. The van der Waals surface area contributed by atoms with E-state index in [2.05, 4.69) is 15.1 Å². The third-order valence-corrected chi connectivity index (χ3v) is 1.57. The van der Waals surface area contributed by atoms with Crippen LogP contribution in [0.25, 0.3) is 0 Å². The summed E-state index contributed by atoms with van der Waals surface area (Å²) in [6, 6.07) is 3.38. The SMILES string of the molecule is O=CN(c1ncccn1)n1cccn1. The monoisotopic (exact) mass is 189 g/mol. The van der Waals surface area contributed by atoms with E-state index in [-0.39, 0.29) is 5.95 Å². The molecule has 0 spiro atoms. The summed E-state index contributed by atoms with van der Waals surface area (Å²) < 4.78 is 0. The van der Waals surface area contributed by atoms with Crippen LogP contribution in [0.5, 0.6) is 0 Å². The lowest BCUT2D eigenvalue weighted by molar-refractivity contribution is -0.108. The van der Waals surface area contributed by atoms with Crippen LogP contribution in [0.3, 0.4) is 0 Å². The molecule has 2 aromatic heterocycles. The van der Waals surface area contributed by atoms with E-state index in [4.69, 9.17) is 0 Å². The van der Waals surface area contributed by atoms with E-state index in [1.807, 2.05) is 0 Å². The van der Waals surface area contributed by atoms with Crippen LogP contribution >= 0.6 is 0 Å². The van der Waals surface area contributed by atoms with Crippen molar-refractivity contribution in [2.45, 2.75) is 0 Å². The van der Waals surface area contributed by atoms with Gasteiger partial charge in [-0.25, -0.2) is 9.97 Å². The molecule has 0 aliphatic carbocycles. The fraction of sp³-hybridized carbons (Fsp3) is 0. The Balaban J connectivity index is 2.36. The van der Waals surface area contributed by atoms with E-state index in [0.717, 1.165) is 0 Å². The number of aromatic nitrogens is 4. The molecule has 0 saturated heterocycles. The van der Waals surface area contributed by atoms with E-state index in [0.29, 0.717) is 6.41 Å². The standard InChI is InChI=1S/C8H7N5O/c14-7-12(13-6-2-5-11-13)8-9-3-1-4-10-8/h1-7H. The smallest absolute Gasteiger partial charge is 0.253 e. The van der Waals surface area contributed by atoms with Crippen molar-refractivity contribution in [1.29, 1.82) is 0 Å². The van der Waals surface area contributed by atoms with E-state index < -0.39 is 0 Å². The zero-order valence-electron chi connectivity index (χ0n) is 7.19. The van der Waals surface area contributed by atoms with Crippen molar-refractivity contribution in [1.82, 2.24) is 19.9 Å². The van der Waals surface area contributed by atoms with Gasteiger partial charge in [0.15, 0.2) is 0 Å². The first kappa shape index (κ1) is 8.36. The molecule has 2 aromatic rings. The summed E-state index contributed by atoms with van der Waals surface area (Å²) in [5, 5.41) is 5.09. The van der Waals surface area contributed by atoms with Crippen LogP contribution in [0.1, 0.15) is 0 Å². The Morgan fingerprint density at radius 1 is 1.21 bits per heavy atom. The second-order valence-corrected chi connectivity index (χ2v) is 2.43. The van der Waals surface area contributed by atoms with Crippen LogP contribution in [-0.4, -0.2) is 26.3 Å². The number of amides is 1. The van der Waals surface area contributed by atoms with Crippen molar-refractivity contribution < 1.29 is 4.79 Å². The summed E-state index contributed by atoms with van der Waals surface area (Å²) >= 11 is 0. The lowest BCUT2D eigenvalue weighted by Gasteiger charge is -2.13. The van der Waals surface area contributed by atoms with Crippen molar-refractivity contribution in [3.63, 3.8) is 0 Å². The molecular formula is C8H7N5O. The normalized spacial score (nSPS) is 9.71. The van der Waals surface area contributed by atoms with Crippen molar-refractivity contribution in [3.8, 4) is 0 Å². The fourth-order valence-electron chi connectivity index (χ4n) is 0.985. The lowest BCUT2D eigenvalue weighted by Crippen LogP contribution is -2.29. The fourth-order valence-corrected chi connectivity index (χ4v) is 0.985. The number of carbonyl (C=O) groups is 1. The number of carbonyl (C=O) groups excluding carboxylic acids is 1. The van der Waals surface area contributed by atoms with Crippen LogP contribution < -0.4 is 5.01 Å². The predicted molar refractivity (Wildman–Crippen MR) is 48.2 cm³/mol. The lowest BCUT2D eigenvalue weighted by atomic mass is 10.7. The maximum atomic E-state index is 10.8. The van der Waals surface area contributed by atoms with Crippen molar-refractivity contribution in [3.05, 3.63) is 36.9 Å². The topological polar surface area (TPSA) is 63.9 Å². The van der Waals surface area contributed by atoms with Gasteiger partial charge in [0.2, 0.25) is 6.41 Å². The van der Waals surface area contributed by atoms with Crippen LogP contribution in [-0.2, 0) is 4.79 Å². The molecule has 14 heavy (non-hydrogen) atoms. The first-order valence-electron chi connectivity index (χ1n) is 3.93. The van der Waals surface area contributed by atoms with Gasteiger partial charge < -0.3 is 0 Å². The van der Waals surface area contributed by atoms with Crippen LogP contribution in [0.2, 0.25) is 0 Å². The molecule has 0 aliphatic rings. The van der Waals surface area contributed by atoms with Crippen LogP contribution in [0.15, 0.2) is 36.9 Å². The van der Waals surface area contributed by atoms with Gasteiger partial charge in [-0.3, -0.25) is 4.79 Å². The Hall–Kier alpha value is -2.24. The molecule has 0 bridgehead atoms. The van der Waals surface area contributed by atoms with Crippen LogP contribution in [0, 0.1) is 0 Å². The highest BCUT2D eigenvalue weighted by Gasteiger charge is 2.08. The van der Waals surface area contributed by atoms with Crippen LogP contribution in [0.4, 0.5) is 5.95 Å². The van der Waals surface area contributed by atoms with Gasteiger partial charge in [-0.05, 0) is 12.1 Å². The Morgan fingerprint density at radius 2 is 2.00 bits per heavy atom. The largest absolute Gasteiger partial charge is 0.276 e. The summed E-state index contributed by atoms with van der Waals surface area (Å²) in [5.41, 5.74) is 0. The van der Waals surface area contributed by atoms with E-state index in [1.165, 1.54) is 9.80 Å². The van der Waals surface area contributed by atoms with Gasteiger partial charge in [-0.15, -0.1) is 0 Å². The molecule has 0 N–H and O–H groups in total. The average Bonchev–Trinajstić information content (AvgIpc) is 2.74. The highest BCUT2D eigenvalue weighted by molar-refractivity contribution is 5.69. The highest BCUT2D eigenvalue weighted by atomic mass is 16.2. The van der Waals surface area contributed by atoms with Gasteiger partial charge in [0, 0.05) is 18.6 Å². The molecule has 0 aromatic carbocycles. The molecule has 6 nitrogen and oxygen atoms in total. The van der Waals surface area contributed by atoms with E-state index >= 15 is 0 Å². The van der Waals surface area contributed by atoms with Gasteiger partial charge in [0.25, 0.3) is 5.95 Å². The summed E-state index contributed by atoms with van der Waals surface area (Å²) in [6.07, 6.45) is 6.91. The average molecular weight is 189 g/mol. The molecule has 0 saturated carbocycles. The molecule has 0 fully saturated rings. The summed E-state index contributed by atoms with van der Waals surface area (Å²) in [4.78, 5) is 20.0. The van der Waals surface area contributed by atoms with Gasteiger partial charge >= 0.3 is 0 Å². The second kappa shape index (κ2) is 3.65. The van der Waals surface area contributed by atoms with Gasteiger partial charge in [0.1, 0.15) is 0 Å². The maximum Gasteiger partial charge on any atom is 0.253 e. The zero-order chi connectivity index (χ0) is 9.80. The summed E-state index contributed by atoms with van der Waals surface area (Å²) in [7, 11) is 0. The molecule has 0 radical (unpaired) electrons. The molecule has 6 heteroatoms. The first-order valence-corrected chi connectivity index (χ1v) is 3.93. The maximum absolute atomic E-state index is 10.8. The van der Waals surface area contributed by atoms with Crippen molar-refractivity contribution in [2.24, 2.45) is 0 Å². The minimum absolute atomic E-state index is 0.284. The Labute approximate surface area is 79.8 Å². The number of rotatable bonds is 3. The second-order valence-electron chi connectivity index (χ2n) is 2.43. The molecule has 0 aliphatic heterocycles. The van der Waals surface area contributed by atoms with Gasteiger partial charge in [-0.1, -0.05) is 0 Å². The van der Waals surface area contributed by atoms with E-state index in [9.17, 15) is 4.79 Å². The summed E-state index contributed by atoms with van der Waals surface area (Å²) in [6.45, 7) is 0. The predicted octanol–water partition coefficient (Wildman–Crippen LogP) is 0.0992. The molecule has 2 heterocycles. The molecule has 70 valence electrons. The van der Waals surface area contributed by atoms with Gasteiger partial charge in [-0.2, -0.15) is 14.9 Å². The number of hydrogen-bond donors (Lipinski definition) is 0. The molecule has 1 amide bonds. The van der Waals surface area contributed by atoms with Crippen molar-refractivity contribution in [2.75, 3.05) is 5.01 Å². The molecule has 2 rings (SSSR count). The highest BCUT2D eigenvalue weighted by Crippen LogP contribution is 2.02. The number of hydrogen-bond acceptors (Lipinski definition) is 4. The molecular weight excluding hydrogens is 182 g/mol. The Morgan fingerprint density at radius 3 is 2.57 bits per heavy atom. The number of nitrogens with zero attached hydrogens (tertiary/aromatic N) is 5. The van der Waals surface area contributed by atoms with Crippen molar-refractivity contribution >= 4 is 12.4 Å². The summed E-state index contributed by atoms with van der Waals surface area (Å²) in [5.74, 6) is 0.284. The Bertz CT molecular complexity index is 399. The van der Waals surface area contributed by atoms with E-state index in [1.54, 1.807) is 36.9 Å². The first-order chi connectivity index (χ1) is 6.92. The molecule has 0 atom stereocenters. The van der Waals surface area contributed by atoms with Gasteiger partial charge in [0.05, 0.1) is 6.20 Å². The minimum Gasteiger partial charge on any atom is -0.276 e.